The Bertz CT molecular complexity index is 1230. The van der Waals surface area contributed by atoms with E-state index < -0.39 is 5.97 Å². The highest BCUT2D eigenvalue weighted by molar-refractivity contribution is 5.84. The first-order valence-corrected chi connectivity index (χ1v) is 10.7. The number of hydrogen-bond donors (Lipinski definition) is 1. The van der Waals surface area contributed by atoms with Crippen molar-refractivity contribution in [1.29, 1.82) is 0 Å². The number of aliphatic carboxylic acids is 1. The Balaban J connectivity index is 1.49. The molecule has 1 atom stereocenters. The number of ether oxygens (including phenoxy) is 1. The predicted octanol–water partition coefficient (Wildman–Crippen LogP) is 6.29. The molecule has 1 unspecified atom stereocenters. The van der Waals surface area contributed by atoms with E-state index in [0.29, 0.717) is 13.2 Å². The van der Waals surface area contributed by atoms with Crippen LogP contribution in [-0.4, -0.2) is 15.6 Å². The number of hydrogen-bond acceptors (Lipinski definition) is 2. The molecule has 4 nitrogen and oxygen atoms in total. The fraction of sp³-hybridized carbons (Fsp3) is 0.222. The Morgan fingerprint density at radius 3 is 2.44 bits per heavy atom. The lowest BCUT2D eigenvalue weighted by Gasteiger charge is -2.14. The number of rotatable bonds is 8. The van der Waals surface area contributed by atoms with Crippen LogP contribution in [0, 0.1) is 12.7 Å². The molecule has 4 rings (SSSR count). The van der Waals surface area contributed by atoms with Crippen molar-refractivity contribution in [1.82, 2.24) is 4.57 Å². The zero-order chi connectivity index (χ0) is 22.7. The maximum atomic E-state index is 13.2. The van der Waals surface area contributed by atoms with Gasteiger partial charge in [0.25, 0.3) is 0 Å². The first-order valence-electron chi connectivity index (χ1n) is 10.7. The zero-order valence-electron chi connectivity index (χ0n) is 18.2. The number of carbonyl (C=O) groups is 1. The van der Waals surface area contributed by atoms with Crippen LogP contribution >= 0.6 is 0 Å². The first-order chi connectivity index (χ1) is 15.4. The molecule has 0 bridgehead atoms. The van der Waals surface area contributed by atoms with Gasteiger partial charge < -0.3 is 14.4 Å². The van der Waals surface area contributed by atoms with Crippen LogP contribution in [-0.2, 0) is 17.9 Å². The molecule has 5 heteroatoms. The highest BCUT2D eigenvalue weighted by Crippen LogP contribution is 2.26. The topological polar surface area (TPSA) is 51.5 Å². The van der Waals surface area contributed by atoms with Crippen molar-refractivity contribution in [2.75, 3.05) is 0 Å². The first kappa shape index (κ1) is 21.6. The standard InChI is InChI=1S/C27H26FNO3/c1-18(15-26(30)31)21-7-11-25(12-8-21)32-17-23-6-5-22-13-14-29(27(22)19(23)2)16-20-3-9-24(28)10-4-20/h3-14,18H,15-17H2,1-2H3,(H,30,31). The fourth-order valence-electron chi connectivity index (χ4n) is 4.03. The molecule has 3 aromatic carbocycles. The highest BCUT2D eigenvalue weighted by atomic mass is 19.1. The quantitative estimate of drug-likeness (QED) is 0.356. The molecule has 1 aromatic heterocycles. The van der Waals surface area contributed by atoms with Gasteiger partial charge in [-0.05, 0) is 70.8 Å². The summed E-state index contributed by atoms with van der Waals surface area (Å²) in [4.78, 5) is 10.9. The maximum Gasteiger partial charge on any atom is 0.303 e. The smallest absolute Gasteiger partial charge is 0.303 e. The van der Waals surface area contributed by atoms with E-state index in [0.717, 1.165) is 38.9 Å². The molecular weight excluding hydrogens is 405 g/mol. The summed E-state index contributed by atoms with van der Waals surface area (Å²) in [6, 6.07) is 20.5. The summed E-state index contributed by atoms with van der Waals surface area (Å²) in [7, 11) is 0. The third-order valence-electron chi connectivity index (χ3n) is 5.89. The SMILES string of the molecule is Cc1c(COc2ccc(C(C)CC(=O)O)cc2)ccc2ccn(Cc3ccc(F)cc3)c12. The van der Waals surface area contributed by atoms with Crippen LogP contribution in [0.3, 0.4) is 0 Å². The summed E-state index contributed by atoms with van der Waals surface area (Å²) in [5.74, 6) is -0.323. The maximum absolute atomic E-state index is 13.2. The second kappa shape index (κ2) is 9.27. The number of fused-ring (bicyclic) bond motifs is 1. The number of benzene rings is 3. The van der Waals surface area contributed by atoms with Crippen molar-refractivity contribution in [3.05, 3.63) is 101 Å². The van der Waals surface area contributed by atoms with Crippen LogP contribution in [0.2, 0.25) is 0 Å². The molecule has 0 fully saturated rings. The van der Waals surface area contributed by atoms with E-state index in [9.17, 15) is 9.18 Å². The minimum atomic E-state index is -0.798. The minimum absolute atomic E-state index is 0.0416. The fourth-order valence-corrected chi connectivity index (χ4v) is 4.03. The number of halogens is 1. The average molecular weight is 432 g/mol. The second-order valence-electron chi connectivity index (χ2n) is 8.21. The van der Waals surface area contributed by atoms with E-state index in [4.69, 9.17) is 9.84 Å². The molecule has 0 spiro atoms. The zero-order valence-corrected chi connectivity index (χ0v) is 18.2. The van der Waals surface area contributed by atoms with Crippen LogP contribution in [0.5, 0.6) is 5.75 Å². The summed E-state index contributed by atoms with van der Waals surface area (Å²) in [5, 5.41) is 10.1. The summed E-state index contributed by atoms with van der Waals surface area (Å²) in [5.41, 5.74) is 5.42. The summed E-state index contributed by atoms with van der Waals surface area (Å²) < 4.78 is 21.4. The molecule has 0 saturated heterocycles. The molecule has 0 amide bonds. The van der Waals surface area contributed by atoms with E-state index >= 15 is 0 Å². The number of aromatic nitrogens is 1. The monoisotopic (exact) mass is 431 g/mol. The van der Waals surface area contributed by atoms with Crippen molar-refractivity contribution >= 4 is 16.9 Å². The normalized spacial score (nSPS) is 12.1. The van der Waals surface area contributed by atoms with Gasteiger partial charge in [0.1, 0.15) is 18.2 Å². The summed E-state index contributed by atoms with van der Waals surface area (Å²) in [6.45, 7) is 5.11. The summed E-state index contributed by atoms with van der Waals surface area (Å²) in [6.07, 6.45) is 2.17. The van der Waals surface area contributed by atoms with E-state index in [2.05, 4.69) is 35.9 Å². The molecule has 0 radical (unpaired) electrons. The van der Waals surface area contributed by atoms with Gasteiger partial charge in [-0.25, -0.2) is 4.39 Å². The van der Waals surface area contributed by atoms with Crippen molar-refractivity contribution in [3.63, 3.8) is 0 Å². The Morgan fingerprint density at radius 2 is 1.75 bits per heavy atom. The molecule has 0 saturated carbocycles. The largest absolute Gasteiger partial charge is 0.489 e. The number of carboxylic acid groups (broad SMARTS) is 1. The van der Waals surface area contributed by atoms with Gasteiger partial charge >= 0.3 is 5.97 Å². The summed E-state index contributed by atoms with van der Waals surface area (Å²) >= 11 is 0. The van der Waals surface area contributed by atoms with Gasteiger partial charge in [-0.3, -0.25) is 4.79 Å². The molecule has 0 aliphatic heterocycles. The highest BCUT2D eigenvalue weighted by Gasteiger charge is 2.12. The molecule has 0 aliphatic rings. The molecule has 1 heterocycles. The molecule has 0 aliphatic carbocycles. The number of aryl methyl sites for hydroxylation is 1. The van der Waals surface area contributed by atoms with Crippen LogP contribution in [0.4, 0.5) is 4.39 Å². The predicted molar refractivity (Wildman–Crippen MR) is 124 cm³/mol. The Kier molecular flexibility index (Phi) is 6.26. The van der Waals surface area contributed by atoms with Crippen LogP contribution in [0.1, 0.15) is 41.5 Å². The lowest BCUT2D eigenvalue weighted by atomic mass is 9.98. The molecule has 1 N–H and O–H groups in total. The van der Waals surface area contributed by atoms with Gasteiger partial charge in [0.2, 0.25) is 0 Å². The van der Waals surface area contributed by atoms with E-state index in [-0.39, 0.29) is 18.2 Å². The van der Waals surface area contributed by atoms with Crippen molar-refractivity contribution < 1.29 is 19.0 Å². The third kappa shape index (κ3) is 4.83. The van der Waals surface area contributed by atoms with Gasteiger partial charge in [0.05, 0.1) is 11.9 Å². The van der Waals surface area contributed by atoms with Crippen molar-refractivity contribution in [3.8, 4) is 5.75 Å². The lowest BCUT2D eigenvalue weighted by molar-refractivity contribution is -0.137. The van der Waals surface area contributed by atoms with E-state index in [1.165, 1.54) is 12.1 Å². The van der Waals surface area contributed by atoms with Gasteiger partial charge in [-0.2, -0.15) is 0 Å². The molecular formula is C27H26FNO3. The lowest BCUT2D eigenvalue weighted by Crippen LogP contribution is -2.04. The van der Waals surface area contributed by atoms with Crippen LogP contribution in [0.15, 0.2) is 72.9 Å². The number of nitrogens with zero attached hydrogens (tertiary/aromatic N) is 1. The second-order valence-corrected chi connectivity index (χ2v) is 8.21. The van der Waals surface area contributed by atoms with Crippen molar-refractivity contribution in [2.45, 2.75) is 39.3 Å². The Morgan fingerprint density at radius 1 is 1.03 bits per heavy atom. The average Bonchev–Trinajstić information content (AvgIpc) is 3.18. The van der Waals surface area contributed by atoms with Crippen LogP contribution in [0.25, 0.3) is 10.9 Å². The molecule has 164 valence electrons. The van der Waals surface area contributed by atoms with Gasteiger partial charge in [0.15, 0.2) is 0 Å². The minimum Gasteiger partial charge on any atom is -0.489 e. The third-order valence-corrected chi connectivity index (χ3v) is 5.89. The van der Waals surface area contributed by atoms with Crippen LogP contribution < -0.4 is 4.74 Å². The molecule has 4 aromatic rings. The van der Waals surface area contributed by atoms with Crippen molar-refractivity contribution in [2.24, 2.45) is 0 Å². The molecule has 32 heavy (non-hydrogen) atoms. The number of carboxylic acids is 1. The Hall–Kier alpha value is -3.60. The Labute approximate surface area is 186 Å². The van der Waals surface area contributed by atoms with Gasteiger partial charge in [-0.15, -0.1) is 0 Å². The van der Waals surface area contributed by atoms with Gasteiger partial charge in [-0.1, -0.05) is 43.3 Å². The van der Waals surface area contributed by atoms with E-state index in [1.807, 2.05) is 43.3 Å². The van der Waals surface area contributed by atoms with E-state index in [1.54, 1.807) is 0 Å². The van der Waals surface area contributed by atoms with Gasteiger partial charge in [0, 0.05) is 12.7 Å².